The van der Waals surface area contributed by atoms with Gasteiger partial charge in [-0.25, -0.2) is 0 Å². The van der Waals surface area contributed by atoms with Gasteiger partial charge < -0.3 is 31.9 Å². The summed E-state index contributed by atoms with van der Waals surface area (Å²) in [5.74, 6) is -2.55. The first kappa shape index (κ1) is 25.2. The first-order chi connectivity index (χ1) is 13.0. The Hall–Kier alpha value is -0.790. The second-order valence-corrected chi connectivity index (χ2v) is 8.61. The zero-order valence-electron chi connectivity index (χ0n) is 14.4. The Labute approximate surface area is 201 Å². The van der Waals surface area contributed by atoms with E-state index in [0.29, 0.717) is 7.14 Å². The molecule has 0 aliphatic heterocycles. The number of benzene rings is 1. The Bertz CT molecular complexity index is 818. The summed E-state index contributed by atoms with van der Waals surface area (Å²) >= 11 is 5.48. The molecule has 0 saturated heterocycles. The van der Waals surface area contributed by atoms with Gasteiger partial charge in [0.25, 0.3) is 11.8 Å². The molecule has 154 valence electrons. The van der Waals surface area contributed by atoms with Crippen molar-refractivity contribution < 1.29 is 29.4 Å². The van der Waals surface area contributed by atoms with Crippen LogP contribution in [0.4, 0.5) is 5.69 Å². The van der Waals surface area contributed by atoms with E-state index in [1.54, 1.807) is 22.6 Å². The van der Waals surface area contributed by atoms with Crippen molar-refractivity contribution in [2.75, 3.05) is 25.5 Å². The topological polar surface area (TPSA) is 171 Å². The predicted octanol–water partition coefficient (Wildman–Crippen LogP) is -0.243. The maximum absolute atomic E-state index is 12.6. The quantitative estimate of drug-likeness (QED) is 0.159. The number of rotatable bonds is 8. The molecule has 0 radical (unpaired) electrons. The van der Waals surface area contributed by atoms with E-state index in [9.17, 15) is 24.3 Å². The molecule has 1 aromatic rings. The number of halogens is 3. The van der Waals surface area contributed by atoms with Crippen molar-refractivity contribution in [1.82, 2.24) is 10.6 Å². The van der Waals surface area contributed by atoms with Crippen LogP contribution >= 0.6 is 67.8 Å². The Morgan fingerprint density at radius 2 is 1.61 bits per heavy atom. The summed E-state index contributed by atoms with van der Waals surface area (Å²) in [6.45, 7) is -0.744. The van der Waals surface area contributed by atoms with E-state index in [0.717, 1.165) is 0 Å². The smallest absolute Gasteiger partial charge is 0.253 e. The summed E-state index contributed by atoms with van der Waals surface area (Å²) in [5, 5.41) is 25.6. The van der Waals surface area contributed by atoms with E-state index < -0.39 is 42.8 Å². The number of aliphatic hydroxyl groups excluding tert-OH is 2. The normalized spacial score (nSPS) is 11.5. The monoisotopic (exact) mass is 730 g/mol. The minimum absolute atomic E-state index is 0.0460. The van der Waals surface area contributed by atoms with Crippen LogP contribution in [-0.4, -0.2) is 60.1 Å². The number of primary amides is 1. The van der Waals surface area contributed by atoms with Crippen LogP contribution in [0.25, 0.3) is 0 Å². The molecule has 0 aromatic heterocycles. The third-order valence-corrected chi connectivity index (χ3v) is 6.60. The number of carbonyl (C=O) groups excluding carboxylic acids is 4. The number of hydrogen-bond acceptors (Lipinski definition) is 6. The molecule has 7 N–H and O–H groups in total. The van der Waals surface area contributed by atoms with Crippen molar-refractivity contribution in [1.29, 1.82) is 0 Å². The third kappa shape index (κ3) is 6.36. The summed E-state index contributed by atoms with van der Waals surface area (Å²) in [6, 6.07) is 0. The van der Waals surface area contributed by atoms with Crippen molar-refractivity contribution in [3.05, 3.63) is 21.8 Å². The molecule has 0 aliphatic rings. The summed E-state index contributed by atoms with van der Waals surface area (Å²) in [7, 11) is 1.39. The number of hydrogen-bond donors (Lipinski definition) is 6. The first-order valence-electron chi connectivity index (χ1n) is 7.62. The molecule has 28 heavy (non-hydrogen) atoms. The van der Waals surface area contributed by atoms with E-state index in [4.69, 9.17) is 10.8 Å². The van der Waals surface area contributed by atoms with Crippen molar-refractivity contribution in [2.45, 2.75) is 12.5 Å². The van der Waals surface area contributed by atoms with Crippen LogP contribution in [-0.2, 0) is 9.59 Å². The Morgan fingerprint density at radius 3 is 2.11 bits per heavy atom. The molecule has 1 aromatic carbocycles. The van der Waals surface area contributed by atoms with Crippen LogP contribution < -0.4 is 21.7 Å². The molecular formula is C15H17I3N4O6. The van der Waals surface area contributed by atoms with Crippen LogP contribution in [0, 0.1) is 10.7 Å². The van der Waals surface area contributed by atoms with E-state index >= 15 is 0 Å². The van der Waals surface area contributed by atoms with Gasteiger partial charge in [-0.15, -0.1) is 0 Å². The van der Waals surface area contributed by atoms with Gasteiger partial charge >= 0.3 is 0 Å². The second kappa shape index (κ2) is 11.4. The highest BCUT2D eigenvalue weighted by molar-refractivity contribution is 14.1. The zero-order chi connectivity index (χ0) is 21.6. The molecular weight excluding hydrogens is 713 g/mol. The van der Waals surface area contributed by atoms with Gasteiger partial charge in [0.1, 0.15) is 6.42 Å². The van der Waals surface area contributed by atoms with Gasteiger partial charge in [-0.3, -0.25) is 19.2 Å². The highest BCUT2D eigenvalue weighted by atomic mass is 127. The number of nitrogens with one attached hydrogen (secondary N) is 3. The van der Waals surface area contributed by atoms with Crippen LogP contribution in [0.3, 0.4) is 0 Å². The molecule has 10 nitrogen and oxygen atoms in total. The van der Waals surface area contributed by atoms with Gasteiger partial charge in [0.15, 0.2) is 0 Å². The van der Waals surface area contributed by atoms with Crippen LogP contribution in [0.5, 0.6) is 0 Å². The molecule has 4 amide bonds. The van der Waals surface area contributed by atoms with Gasteiger partial charge in [-0.1, -0.05) is 0 Å². The fraction of sp³-hybridized carbons (Fsp3) is 0.333. The molecule has 0 fully saturated rings. The van der Waals surface area contributed by atoms with E-state index in [1.807, 2.05) is 45.2 Å². The van der Waals surface area contributed by atoms with Crippen molar-refractivity contribution in [3.63, 3.8) is 0 Å². The highest BCUT2D eigenvalue weighted by Gasteiger charge is 2.28. The lowest BCUT2D eigenvalue weighted by atomic mass is 10.1. The molecule has 1 rings (SSSR count). The Balaban J connectivity index is 3.42. The summed E-state index contributed by atoms with van der Waals surface area (Å²) in [6.07, 6.45) is -1.59. The Kier molecular flexibility index (Phi) is 10.3. The van der Waals surface area contributed by atoms with Crippen LogP contribution in [0.2, 0.25) is 0 Å². The van der Waals surface area contributed by atoms with Gasteiger partial charge in [-0.05, 0) is 67.8 Å². The minimum atomic E-state index is -1.15. The third-order valence-electron chi connectivity index (χ3n) is 3.36. The van der Waals surface area contributed by atoms with Crippen molar-refractivity contribution in [2.24, 2.45) is 5.73 Å². The lowest BCUT2D eigenvalue weighted by Gasteiger charge is -2.19. The SMILES string of the molecule is CNC(=O)CC(=O)Nc1c(I)c(C(N)=O)c(I)c(C(=O)NCC(O)CO)c1I. The average molecular weight is 730 g/mol. The number of carbonyl (C=O) groups is 4. The zero-order valence-corrected chi connectivity index (χ0v) is 20.9. The van der Waals surface area contributed by atoms with E-state index in [2.05, 4.69) is 16.0 Å². The number of nitrogens with two attached hydrogens (primary N) is 1. The molecule has 13 heteroatoms. The number of aliphatic hydroxyl groups is 2. The molecule has 0 aliphatic carbocycles. The fourth-order valence-electron chi connectivity index (χ4n) is 1.97. The van der Waals surface area contributed by atoms with Gasteiger partial charge in [-0.2, -0.15) is 0 Å². The molecule has 0 saturated carbocycles. The van der Waals surface area contributed by atoms with Crippen LogP contribution in [0.15, 0.2) is 0 Å². The maximum Gasteiger partial charge on any atom is 0.253 e. The van der Waals surface area contributed by atoms with Gasteiger partial charge in [0, 0.05) is 17.2 Å². The lowest BCUT2D eigenvalue weighted by molar-refractivity contribution is -0.126. The summed E-state index contributed by atoms with van der Waals surface area (Å²) in [5.41, 5.74) is 5.75. The van der Waals surface area contributed by atoms with E-state index in [1.165, 1.54) is 7.05 Å². The molecule has 1 unspecified atom stereocenters. The molecule has 0 bridgehead atoms. The predicted molar refractivity (Wildman–Crippen MR) is 126 cm³/mol. The standard InChI is InChI=1S/C15H17I3N4O6/c1-20-6(25)2-7(26)22-13-11(17)8(14(19)27)10(16)9(12(13)18)15(28)21-3-5(24)4-23/h5,23-24H,2-4H2,1H3,(H2,19,27)(H,20,25)(H,21,28)(H,22,26). The molecule has 0 heterocycles. The van der Waals surface area contributed by atoms with Crippen molar-refractivity contribution >= 4 is 97.1 Å². The van der Waals surface area contributed by atoms with Gasteiger partial charge in [0.05, 0.1) is 36.7 Å². The lowest BCUT2D eigenvalue weighted by Crippen LogP contribution is -2.35. The van der Waals surface area contributed by atoms with Crippen molar-refractivity contribution in [3.8, 4) is 0 Å². The fourth-order valence-corrected chi connectivity index (χ4v) is 6.43. The van der Waals surface area contributed by atoms with Gasteiger partial charge in [0.2, 0.25) is 11.8 Å². The molecule has 0 spiro atoms. The summed E-state index contributed by atoms with van der Waals surface area (Å²) in [4.78, 5) is 48.1. The first-order valence-corrected chi connectivity index (χ1v) is 10.9. The van der Waals surface area contributed by atoms with Crippen LogP contribution in [0.1, 0.15) is 27.1 Å². The number of amides is 4. The maximum atomic E-state index is 12.6. The van der Waals surface area contributed by atoms with E-state index in [-0.39, 0.29) is 26.9 Å². The average Bonchev–Trinajstić information content (AvgIpc) is 2.62. The highest BCUT2D eigenvalue weighted by Crippen LogP contribution is 2.35. The molecule has 1 atom stereocenters. The minimum Gasteiger partial charge on any atom is -0.394 e. The largest absolute Gasteiger partial charge is 0.394 e. The number of anilines is 1. The summed E-state index contributed by atoms with van der Waals surface area (Å²) < 4.78 is 0.938. The Morgan fingerprint density at radius 1 is 1.04 bits per heavy atom. The second-order valence-electron chi connectivity index (χ2n) is 5.38.